The van der Waals surface area contributed by atoms with E-state index in [1.807, 2.05) is 24.3 Å². The lowest BCUT2D eigenvalue weighted by Gasteiger charge is -2.22. The molecule has 0 unspecified atom stereocenters. The van der Waals surface area contributed by atoms with Crippen LogP contribution in [-0.4, -0.2) is 95.9 Å². The predicted molar refractivity (Wildman–Crippen MR) is 169 cm³/mol. The van der Waals surface area contributed by atoms with Crippen LogP contribution in [0.2, 0.25) is 0 Å². The monoisotopic (exact) mass is 442 g/mol. The third kappa shape index (κ3) is 2.98. The largest absolute Gasteiger partial charge is 0.356 e. The molecule has 0 bridgehead atoms. The number of hydrogen-bond donors (Lipinski definition) is 1. The maximum absolute atomic E-state index is 6.86. The number of benzene rings is 4. The van der Waals surface area contributed by atoms with E-state index in [4.69, 9.17) is 86.3 Å². The molecule has 0 fully saturated rings. The average molecular weight is 440 g/mol. The minimum absolute atomic E-state index is 0.138. The van der Waals surface area contributed by atoms with Crippen molar-refractivity contribution in [1.82, 2.24) is 9.55 Å². The zero-order chi connectivity index (χ0) is 26.7. The van der Waals surface area contributed by atoms with Crippen LogP contribution in [0.1, 0.15) is 0 Å². The molecule has 0 saturated carbocycles. The SMILES string of the molecule is [B]c1c([B])c([B])c2c([nH]c3c([B])c([B])c(-n4c5ccccc5c5c([B])c([B])c([B])c([B])c54)c([B])c32)c1[B]. The third-order valence-electron chi connectivity index (χ3n) is 7.24. The summed E-state index contributed by atoms with van der Waals surface area (Å²) < 4.78 is 1.78. The minimum atomic E-state index is 0.138. The lowest BCUT2D eigenvalue weighted by molar-refractivity contribution is 1.22. The lowest BCUT2D eigenvalue weighted by Crippen LogP contribution is -2.48. The number of aromatic nitrogens is 2. The van der Waals surface area contributed by atoms with E-state index in [0.29, 0.717) is 43.9 Å². The first-order valence-corrected chi connectivity index (χ1v) is 11.2. The Balaban J connectivity index is 1.92. The highest BCUT2D eigenvalue weighted by Gasteiger charge is 2.24. The Labute approximate surface area is 229 Å². The summed E-state index contributed by atoms with van der Waals surface area (Å²) in [5.74, 6) is 0. The Kier molecular flexibility index (Phi) is 5.37. The first-order chi connectivity index (χ1) is 17.5. The topological polar surface area (TPSA) is 20.7 Å². The molecule has 37 heavy (non-hydrogen) atoms. The van der Waals surface area contributed by atoms with Gasteiger partial charge in [0.1, 0.15) is 86.3 Å². The van der Waals surface area contributed by atoms with Crippen LogP contribution in [0.5, 0.6) is 0 Å². The van der Waals surface area contributed by atoms with E-state index >= 15 is 0 Å². The fourth-order valence-corrected chi connectivity index (χ4v) is 5.32. The van der Waals surface area contributed by atoms with E-state index in [0.717, 1.165) is 5.39 Å². The van der Waals surface area contributed by atoms with Crippen LogP contribution in [0.25, 0.3) is 49.3 Å². The summed E-state index contributed by atoms with van der Waals surface area (Å²) in [5, 5.41) is 2.33. The molecule has 1 N–H and O–H groups in total. The van der Waals surface area contributed by atoms with Crippen LogP contribution in [0.3, 0.4) is 0 Å². The van der Waals surface area contributed by atoms with Gasteiger partial charge in [-0.25, -0.2) is 0 Å². The molecule has 0 amide bonds. The van der Waals surface area contributed by atoms with Crippen molar-refractivity contribution < 1.29 is 0 Å². The molecule has 13 heteroatoms. The smallest absolute Gasteiger partial charge is 0.117 e. The van der Waals surface area contributed by atoms with Gasteiger partial charge in [-0.2, -0.15) is 0 Å². The van der Waals surface area contributed by atoms with Crippen LogP contribution < -0.4 is 60.1 Å². The van der Waals surface area contributed by atoms with Gasteiger partial charge in [0.15, 0.2) is 0 Å². The Bertz CT molecular complexity index is 2000. The third-order valence-corrected chi connectivity index (χ3v) is 7.24. The average Bonchev–Trinajstić information content (AvgIpc) is 3.45. The molecule has 0 atom stereocenters. The van der Waals surface area contributed by atoms with E-state index in [2.05, 4.69) is 4.98 Å². The maximum Gasteiger partial charge on any atom is 0.117 e. The van der Waals surface area contributed by atoms with E-state index < -0.39 is 0 Å². The number of rotatable bonds is 1. The summed E-state index contributed by atoms with van der Waals surface area (Å²) in [6.45, 7) is 0. The number of H-pyrrole nitrogens is 1. The van der Waals surface area contributed by atoms with Crippen molar-refractivity contribution in [3.8, 4) is 5.69 Å². The first kappa shape index (κ1) is 24.5. The number of hydrogen-bond acceptors (Lipinski definition) is 0. The second kappa shape index (κ2) is 8.09. The van der Waals surface area contributed by atoms with Crippen molar-refractivity contribution in [2.45, 2.75) is 0 Å². The van der Waals surface area contributed by atoms with Crippen molar-refractivity contribution in [3.63, 3.8) is 0 Å². The molecule has 22 radical (unpaired) electrons. The minimum Gasteiger partial charge on any atom is -0.356 e. The van der Waals surface area contributed by atoms with Gasteiger partial charge in [-0.1, -0.05) is 56.4 Å². The van der Waals surface area contributed by atoms with Gasteiger partial charge in [-0.3, -0.25) is 0 Å². The molecule has 144 valence electrons. The van der Waals surface area contributed by atoms with Gasteiger partial charge in [-0.15, -0.1) is 21.9 Å². The van der Waals surface area contributed by atoms with Gasteiger partial charge in [0.25, 0.3) is 0 Å². The van der Waals surface area contributed by atoms with Crippen molar-refractivity contribution in [2.24, 2.45) is 0 Å². The Hall–Kier alpha value is -2.81. The van der Waals surface area contributed by atoms with Crippen molar-refractivity contribution in [2.75, 3.05) is 0 Å². The summed E-state index contributed by atoms with van der Waals surface area (Å²) >= 11 is 0. The van der Waals surface area contributed by atoms with E-state index in [9.17, 15) is 0 Å². The Morgan fingerprint density at radius 3 is 1.59 bits per heavy atom. The molecule has 2 aromatic heterocycles. The second-order valence-corrected chi connectivity index (χ2v) is 9.10. The summed E-state index contributed by atoms with van der Waals surface area (Å²) in [7, 11) is 70.4. The van der Waals surface area contributed by atoms with Gasteiger partial charge >= 0.3 is 0 Å². The normalized spacial score (nSPS) is 11.9. The van der Waals surface area contributed by atoms with Crippen molar-refractivity contribution in [1.29, 1.82) is 0 Å². The maximum atomic E-state index is 6.86. The van der Waals surface area contributed by atoms with Crippen LogP contribution in [0, 0.1) is 0 Å². The van der Waals surface area contributed by atoms with Gasteiger partial charge in [0, 0.05) is 33.0 Å². The van der Waals surface area contributed by atoms with E-state index in [1.165, 1.54) is 0 Å². The molecular weight excluding hydrogens is 435 g/mol. The molecule has 0 spiro atoms. The summed E-state index contributed by atoms with van der Waals surface area (Å²) in [6.07, 6.45) is 0. The molecule has 0 aliphatic heterocycles. The van der Waals surface area contributed by atoms with Gasteiger partial charge < -0.3 is 9.55 Å². The van der Waals surface area contributed by atoms with Crippen molar-refractivity contribution in [3.05, 3.63) is 24.3 Å². The van der Waals surface area contributed by atoms with E-state index in [1.54, 1.807) is 4.57 Å². The molecule has 2 nitrogen and oxygen atoms in total. The summed E-state index contributed by atoms with van der Waals surface area (Å²) in [6, 6.07) is 7.50. The molecular formula is C24H5B11N2. The fourth-order valence-electron chi connectivity index (χ4n) is 5.32. The quantitative estimate of drug-likeness (QED) is 0.246. The highest BCUT2D eigenvalue weighted by molar-refractivity contribution is 6.70. The van der Waals surface area contributed by atoms with Crippen LogP contribution in [0.4, 0.5) is 0 Å². The van der Waals surface area contributed by atoms with Crippen LogP contribution in [0.15, 0.2) is 24.3 Å². The highest BCUT2D eigenvalue weighted by Crippen LogP contribution is 2.29. The number of nitrogens with zero attached hydrogens (tertiary/aromatic N) is 1. The zero-order valence-electron chi connectivity index (χ0n) is 19.6. The van der Waals surface area contributed by atoms with E-state index in [-0.39, 0.29) is 60.1 Å². The Morgan fingerprint density at radius 2 is 0.946 bits per heavy atom. The molecule has 2 heterocycles. The Morgan fingerprint density at radius 1 is 0.459 bits per heavy atom. The highest BCUT2D eigenvalue weighted by atomic mass is 15.0. The number of fused-ring (bicyclic) bond motifs is 6. The zero-order valence-corrected chi connectivity index (χ0v) is 19.6. The van der Waals surface area contributed by atoms with Gasteiger partial charge in [0.05, 0.1) is 5.52 Å². The molecule has 0 aliphatic rings. The van der Waals surface area contributed by atoms with Gasteiger partial charge in [0.2, 0.25) is 0 Å². The molecule has 6 rings (SSSR count). The molecule has 0 saturated heterocycles. The summed E-state index contributed by atoms with van der Waals surface area (Å²) in [5.41, 5.74) is 4.64. The number of nitrogens with one attached hydrogen (secondary N) is 1. The fraction of sp³-hybridized carbons (Fsp3) is 0. The van der Waals surface area contributed by atoms with Crippen LogP contribution >= 0.6 is 0 Å². The lowest BCUT2D eigenvalue weighted by atomic mass is 9.64. The van der Waals surface area contributed by atoms with Gasteiger partial charge in [-0.05, 0) is 16.8 Å². The second-order valence-electron chi connectivity index (χ2n) is 9.10. The summed E-state index contributed by atoms with van der Waals surface area (Å²) in [4.78, 5) is 3.17. The predicted octanol–water partition coefficient (Wildman–Crippen LogP) is -6.85. The molecule has 0 aliphatic carbocycles. The van der Waals surface area contributed by atoms with Crippen LogP contribution in [-0.2, 0) is 0 Å². The first-order valence-electron chi connectivity index (χ1n) is 11.2. The number of para-hydroxylation sites is 1. The van der Waals surface area contributed by atoms with Crippen molar-refractivity contribution >= 4 is 190 Å². The molecule has 4 aromatic carbocycles. The molecule has 6 aromatic rings. The standard InChI is InChI=1S/C24H5B11N2/c25-10-7-5-3-1-2-4-6(5)37(23(7)19(34)16(31)13(10)28)24-12(27)9-8-11(26)14(29)15(30)17(32)21(8)36-22(9)18(33)20(24)35/h1-4,36H. The number of aromatic amines is 1.